The van der Waals surface area contributed by atoms with E-state index in [-0.39, 0.29) is 0 Å². The number of nitrogens with zero attached hydrogens (tertiary/aromatic N) is 1. The number of hydrogen-bond donors (Lipinski definition) is 0. The van der Waals surface area contributed by atoms with Crippen molar-refractivity contribution >= 4 is 27.0 Å². The first-order chi connectivity index (χ1) is 15.7. The summed E-state index contributed by atoms with van der Waals surface area (Å²) >= 11 is 0. The molecule has 0 bridgehead atoms. The average molecular weight is 471 g/mol. The predicted molar refractivity (Wildman–Crippen MR) is 124 cm³/mol. The van der Waals surface area contributed by atoms with Crippen LogP contribution in [0.5, 0.6) is 11.5 Å². The van der Waals surface area contributed by atoms with Crippen molar-refractivity contribution in [2.75, 3.05) is 6.26 Å². The van der Waals surface area contributed by atoms with Crippen molar-refractivity contribution in [3.63, 3.8) is 0 Å². The van der Waals surface area contributed by atoms with Crippen LogP contribution >= 0.6 is 0 Å². The van der Waals surface area contributed by atoms with Crippen molar-refractivity contribution in [2.45, 2.75) is 57.1 Å². The summed E-state index contributed by atoms with van der Waals surface area (Å²) < 4.78 is 35.5. The summed E-state index contributed by atoms with van der Waals surface area (Å²) in [4.78, 5) is 11.6. The van der Waals surface area contributed by atoms with Gasteiger partial charge in [0.2, 0.25) is 0 Å². The molecule has 7 nitrogen and oxygen atoms in total. The summed E-state index contributed by atoms with van der Waals surface area (Å²) in [6.07, 6.45) is 8.61. The molecule has 1 fully saturated rings. The van der Waals surface area contributed by atoms with Gasteiger partial charge in [-0.15, -0.1) is 0 Å². The highest BCUT2D eigenvalue weighted by Crippen LogP contribution is 2.34. The number of carbonyl (C=O) groups is 1. The van der Waals surface area contributed by atoms with E-state index in [1.807, 2.05) is 42.6 Å². The van der Waals surface area contributed by atoms with Crippen LogP contribution in [0.15, 0.2) is 54.7 Å². The first kappa shape index (κ1) is 23.2. The normalized spacial score (nSPS) is 15.5. The standard InChI is InChI=1S/C25H29NO6S/c1-33(29,30)32-22-11-12-23-20(18-22)13-17-26(23)16-5-2-6-19-7-9-21(10-8-19)31-25(24(27)28)14-3-4-15-25/h7-13,17-18H,2-6,14-16H2,1H3,(H,27,28)/p-1. The van der Waals surface area contributed by atoms with Gasteiger partial charge in [-0.3, -0.25) is 0 Å². The fraction of sp³-hybridized carbons (Fsp3) is 0.400. The lowest BCUT2D eigenvalue weighted by Crippen LogP contribution is -2.50. The Morgan fingerprint density at radius 2 is 1.73 bits per heavy atom. The number of fused-ring (bicyclic) bond motifs is 1. The van der Waals surface area contributed by atoms with Crippen molar-refractivity contribution in [1.29, 1.82) is 0 Å². The molecular formula is C25H28NO6S-. The first-order valence-electron chi connectivity index (χ1n) is 11.2. The van der Waals surface area contributed by atoms with Gasteiger partial charge >= 0.3 is 10.1 Å². The molecule has 0 amide bonds. The lowest BCUT2D eigenvalue weighted by Gasteiger charge is -2.31. The van der Waals surface area contributed by atoms with Gasteiger partial charge in [0.15, 0.2) is 0 Å². The van der Waals surface area contributed by atoms with Crippen LogP contribution in [0, 0.1) is 0 Å². The number of unbranched alkanes of at least 4 members (excludes halogenated alkanes) is 1. The monoisotopic (exact) mass is 470 g/mol. The molecule has 1 aromatic heterocycles. The zero-order chi connectivity index (χ0) is 23.5. The van der Waals surface area contributed by atoms with Crippen LogP contribution in [0.3, 0.4) is 0 Å². The number of ether oxygens (including phenoxy) is 1. The van der Waals surface area contributed by atoms with Gasteiger partial charge in [0.05, 0.1) is 12.2 Å². The Morgan fingerprint density at radius 1 is 1.03 bits per heavy atom. The van der Waals surface area contributed by atoms with E-state index < -0.39 is 21.7 Å². The number of rotatable bonds is 10. The molecule has 1 aliphatic carbocycles. The van der Waals surface area contributed by atoms with Gasteiger partial charge < -0.3 is 23.4 Å². The van der Waals surface area contributed by atoms with E-state index in [4.69, 9.17) is 8.92 Å². The molecule has 3 aromatic rings. The first-order valence-corrected chi connectivity index (χ1v) is 13.0. The van der Waals surface area contributed by atoms with E-state index in [1.54, 1.807) is 12.1 Å². The lowest BCUT2D eigenvalue weighted by atomic mass is 10.0. The summed E-state index contributed by atoms with van der Waals surface area (Å²) in [5, 5.41) is 12.5. The van der Waals surface area contributed by atoms with Gasteiger partial charge in [0.1, 0.15) is 17.1 Å². The topological polar surface area (TPSA) is 97.7 Å². The fourth-order valence-electron chi connectivity index (χ4n) is 4.45. The summed E-state index contributed by atoms with van der Waals surface area (Å²) in [7, 11) is -3.54. The Morgan fingerprint density at radius 3 is 2.39 bits per heavy atom. The number of aliphatic carboxylic acids is 1. The molecule has 0 atom stereocenters. The number of aryl methyl sites for hydroxylation is 2. The Balaban J connectivity index is 1.28. The lowest BCUT2D eigenvalue weighted by molar-refractivity contribution is -0.322. The molecular weight excluding hydrogens is 442 g/mol. The summed E-state index contributed by atoms with van der Waals surface area (Å²) in [6, 6.07) is 14.9. The second kappa shape index (κ2) is 9.47. The maximum absolute atomic E-state index is 11.6. The molecule has 0 aliphatic heterocycles. The number of carboxylic acids is 1. The molecule has 0 radical (unpaired) electrons. The van der Waals surface area contributed by atoms with E-state index in [9.17, 15) is 18.3 Å². The summed E-state index contributed by atoms with van der Waals surface area (Å²) in [5.41, 5.74) is 1.03. The van der Waals surface area contributed by atoms with Crippen molar-refractivity contribution in [3.8, 4) is 11.5 Å². The number of hydrogen-bond acceptors (Lipinski definition) is 6. The highest BCUT2D eigenvalue weighted by atomic mass is 32.2. The molecule has 33 heavy (non-hydrogen) atoms. The third-order valence-corrected chi connectivity index (χ3v) is 6.62. The number of carbonyl (C=O) groups excluding carboxylic acids is 1. The fourth-order valence-corrected chi connectivity index (χ4v) is 4.91. The van der Waals surface area contributed by atoms with E-state index in [1.165, 1.54) is 5.56 Å². The molecule has 4 rings (SSSR count). The van der Waals surface area contributed by atoms with Crippen LogP contribution in [-0.2, 0) is 27.9 Å². The molecule has 1 heterocycles. The largest absolute Gasteiger partial charge is 0.546 e. The Hall–Kier alpha value is -3.00. The van der Waals surface area contributed by atoms with E-state index >= 15 is 0 Å². The molecule has 8 heteroatoms. The van der Waals surface area contributed by atoms with E-state index in [2.05, 4.69) is 4.57 Å². The van der Waals surface area contributed by atoms with Crippen LogP contribution in [0.25, 0.3) is 10.9 Å². The van der Waals surface area contributed by atoms with E-state index in [0.29, 0.717) is 24.3 Å². The van der Waals surface area contributed by atoms with Gasteiger partial charge in [0, 0.05) is 23.6 Å². The van der Waals surface area contributed by atoms with E-state index in [0.717, 1.165) is 55.8 Å². The van der Waals surface area contributed by atoms with Gasteiger partial charge in [-0.1, -0.05) is 12.1 Å². The highest BCUT2D eigenvalue weighted by molar-refractivity contribution is 7.86. The molecule has 0 N–H and O–H groups in total. The average Bonchev–Trinajstić information content (AvgIpc) is 3.39. The zero-order valence-corrected chi connectivity index (χ0v) is 19.5. The van der Waals surface area contributed by atoms with Crippen molar-refractivity contribution in [2.24, 2.45) is 0 Å². The van der Waals surface area contributed by atoms with Crippen molar-refractivity contribution in [3.05, 3.63) is 60.3 Å². The minimum Gasteiger partial charge on any atom is -0.546 e. The molecule has 1 saturated carbocycles. The maximum Gasteiger partial charge on any atom is 0.306 e. The Kier molecular flexibility index (Phi) is 6.65. The van der Waals surface area contributed by atoms with Crippen LogP contribution in [-0.4, -0.2) is 30.8 Å². The van der Waals surface area contributed by atoms with Crippen molar-refractivity contribution < 1.29 is 27.2 Å². The van der Waals surface area contributed by atoms with Gasteiger partial charge in [-0.2, -0.15) is 8.42 Å². The molecule has 0 unspecified atom stereocenters. The van der Waals surface area contributed by atoms with Crippen molar-refractivity contribution in [1.82, 2.24) is 4.57 Å². The smallest absolute Gasteiger partial charge is 0.306 e. The Bertz CT molecular complexity index is 1220. The molecule has 0 spiro atoms. The molecule has 0 saturated heterocycles. The van der Waals surface area contributed by atoms with Crippen LogP contribution < -0.4 is 14.0 Å². The van der Waals surface area contributed by atoms with Crippen LogP contribution in [0.2, 0.25) is 0 Å². The van der Waals surface area contributed by atoms with Gasteiger partial charge in [-0.05, 0) is 86.9 Å². The zero-order valence-electron chi connectivity index (χ0n) is 18.7. The third kappa shape index (κ3) is 5.68. The number of aromatic nitrogens is 1. The summed E-state index contributed by atoms with van der Waals surface area (Å²) in [5.74, 6) is -0.239. The Labute approximate surface area is 194 Å². The molecule has 1 aliphatic rings. The van der Waals surface area contributed by atoms with Gasteiger partial charge in [-0.25, -0.2) is 0 Å². The van der Waals surface area contributed by atoms with Crippen LogP contribution in [0.4, 0.5) is 0 Å². The SMILES string of the molecule is CS(=O)(=O)Oc1ccc2c(ccn2CCCCc2ccc(OC3(C(=O)[O-])CCCC3)cc2)c1. The quantitative estimate of drug-likeness (QED) is 0.333. The minimum atomic E-state index is -3.54. The van der Waals surface area contributed by atoms with Crippen LogP contribution in [0.1, 0.15) is 44.1 Å². The van der Waals surface area contributed by atoms with Gasteiger partial charge in [0.25, 0.3) is 0 Å². The summed E-state index contributed by atoms with van der Waals surface area (Å²) in [6.45, 7) is 0.852. The number of benzene rings is 2. The minimum absolute atomic E-state index is 0.314. The predicted octanol–water partition coefficient (Wildman–Crippen LogP) is 3.44. The highest BCUT2D eigenvalue weighted by Gasteiger charge is 2.37. The third-order valence-electron chi connectivity index (χ3n) is 6.12. The molecule has 176 valence electrons. The maximum atomic E-state index is 11.6. The number of carboxylic acid groups (broad SMARTS) is 1. The molecule has 2 aromatic carbocycles. The second-order valence-corrected chi connectivity index (χ2v) is 10.3. The second-order valence-electron chi connectivity index (χ2n) is 8.71.